The van der Waals surface area contributed by atoms with Crippen molar-refractivity contribution in [3.8, 4) is 0 Å². The summed E-state index contributed by atoms with van der Waals surface area (Å²) < 4.78 is 33.9. The van der Waals surface area contributed by atoms with Gasteiger partial charge >= 0.3 is 0 Å². The van der Waals surface area contributed by atoms with Crippen LogP contribution in [0.15, 0.2) is 17.2 Å². The van der Waals surface area contributed by atoms with Crippen molar-refractivity contribution in [1.82, 2.24) is 5.16 Å². The molecular weight excluding hydrogens is 332 g/mol. The predicted molar refractivity (Wildman–Crippen MR) is 91.3 cm³/mol. The van der Waals surface area contributed by atoms with E-state index in [9.17, 15) is 13.2 Å². The van der Waals surface area contributed by atoms with E-state index in [2.05, 4.69) is 17.1 Å². The largest absolute Gasteiger partial charge is 0.381 e. The van der Waals surface area contributed by atoms with Gasteiger partial charge in [0.1, 0.15) is 4.75 Å². The molecule has 1 fully saturated rings. The second-order valence-corrected chi connectivity index (χ2v) is 9.90. The number of allylic oxidation sites excluding steroid dienone is 1. The molecule has 8 heteroatoms. The Bertz CT molecular complexity index is 742. The fourth-order valence-corrected chi connectivity index (χ4v) is 4.84. The third kappa shape index (κ3) is 3.12. The number of nitrogens with zero attached hydrogens (tertiary/aromatic N) is 1. The summed E-state index contributed by atoms with van der Waals surface area (Å²) in [6.45, 7) is 10.7. The van der Waals surface area contributed by atoms with Gasteiger partial charge in [0.2, 0.25) is 5.91 Å². The van der Waals surface area contributed by atoms with Crippen LogP contribution in [0.5, 0.6) is 0 Å². The second kappa shape index (κ2) is 6.33. The Labute approximate surface area is 142 Å². The number of anilines is 1. The molecule has 1 aliphatic heterocycles. The molecule has 134 valence electrons. The Balaban J connectivity index is 2.23. The van der Waals surface area contributed by atoms with Crippen LogP contribution in [-0.4, -0.2) is 42.2 Å². The summed E-state index contributed by atoms with van der Waals surface area (Å²) in [5.74, 6) is -0.0439. The Morgan fingerprint density at radius 3 is 2.46 bits per heavy atom. The maximum absolute atomic E-state index is 13.1. The maximum atomic E-state index is 13.1. The topological polar surface area (TPSA) is 98.5 Å². The van der Waals surface area contributed by atoms with Crippen molar-refractivity contribution < 1.29 is 22.5 Å². The smallest absolute Gasteiger partial charge is 0.246 e. The van der Waals surface area contributed by atoms with Gasteiger partial charge in [0.25, 0.3) is 0 Å². The van der Waals surface area contributed by atoms with Crippen molar-refractivity contribution >= 4 is 27.1 Å². The van der Waals surface area contributed by atoms with E-state index in [0.717, 1.165) is 0 Å². The highest BCUT2D eigenvalue weighted by molar-refractivity contribution is 7.94. The molecule has 1 amide bonds. The minimum absolute atomic E-state index is 0.165. The predicted octanol–water partition coefficient (Wildman–Crippen LogP) is 2.41. The zero-order valence-corrected chi connectivity index (χ0v) is 15.3. The first-order valence-corrected chi connectivity index (χ1v) is 9.25. The zero-order valence-electron chi connectivity index (χ0n) is 14.5. The summed E-state index contributed by atoms with van der Waals surface area (Å²) in [5.41, 5.74) is 0.657. The summed E-state index contributed by atoms with van der Waals surface area (Å²) in [4.78, 5) is 12.6. The summed E-state index contributed by atoms with van der Waals surface area (Å²) in [7, 11) is -3.76. The number of amides is 1. The van der Waals surface area contributed by atoms with Crippen molar-refractivity contribution in [3.05, 3.63) is 18.4 Å². The van der Waals surface area contributed by atoms with Crippen LogP contribution in [0, 0.1) is 0 Å². The minimum Gasteiger partial charge on any atom is -0.381 e. The third-order valence-electron chi connectivity index (χ3n) is 4.59. The lowest BCUT2D eigenvalue weighted by Crippen LogP contribution is -2.55. The van der Waals surface area contributed by atoms with Gasteiger partial charge in [-0.3, -0.25) is 4.79 Å². The molecule has 1 aromatic heterocycles. The lowest BCUT2D eigenvalue weighted by molar-refractivity contribution is -0.118. The van der Waals surface area contributed by atoms with Crippen LogP contribution in [0.4, 0.5) is 5.82 Å². The molecule has 7 nitrogen and oxygen atoms in total. The van der Waals surface area contributed by atoms with Crippen LogP contribution >= 0.6 is 0 Å². The highest BCUT2D eigenvalue weighted by Crippen LogP contribution is 2.37. The number of ether oxygens (including phenoxy) is 1. The summed E-state index contributed by atoms with van der Waals surface area (Å²) in [6.07, 6.45) is 0.742. The summed E-state index contributed by atoms with van der Waals surface area (Å²) >= 11 is 0. The van der Waals surface area contributed by atoms with Crippen LogP contribution < -0.4 is 5.32 Å². The molecule has 0 radical (unpaired) electrons. The molecule has 1 aromatic rings. The fourth-order valence-electron chi connectivity index (χ4n) is 2.61. The monoisotopic (exact) mass is 356 g/mol. The number of hydrogen-bond donors (Lipinski definition) is 1. The minimum atomic E-state index is -3.76. The van der Waals surface area contributed by atoms with Crippen LogP contribution in [0.25, 0.3) is 5.57 Å². The van der Waals surface area contributed by atoms with Gasteiger partial charge in [-0.25, -0.2) is 8.42 Å². The van der Waals surface area contributed by atoms with E-state index in [1.54, 1.807) is 13.8 Å². The molecule has 0 atom stereocenters. The number of hydrogen-bond acceptors (Lipinski definition) is 6. The van der Waals surface area contributed by atoms with Crippen molar-refractivity contribution in [3.63, 3.8) is 0 Å². The van der Waals surface area contributed by atoms with Gasteiger partial charge in [-0.2, -0.15) is 0 Å². The first-order chi connectivity index (χ1) is 11.0. The molecule has 1 aliphatic rings. The molecule has 1 saturated heterocycles. The third-order valence-corrected chi connectivity index (χ3v) is 7.83. The standard InChI is InChI=1S/C16H24N2O5S/c1-11(2)12-10-13(18-23-12)17-14(19)15(3,4)24(20,21)16(5)6-8-22-9-7-16/h10H,1,6-9H2,2-5H3,(H,17,18,19). The number of rotatable bonds is 5. The molecule has 0 spiro atoms. The highest BCUT2D eigenvalue weighted by atomic mass is 32.2. The van der Waals surface area contributed by atoms with E-state index in [0.29, 0.717) is 37.4 Å². The molecule has 0 aromatic carbocycles. The Hall–Kier alpha value is -1.67. The molecule has 24 heavy (non-hydrogen) atoms. The summed E-state index contributed by atoms with van der Waals surface area (Å²) in [6, 6.07) is 1.51. The highest BCUT2D eigenvalue weighted by Gasteiger charge is 2.53. The Morgan fingerprint density at radius 1 is 1.38 bits per heavy atom. The zero-order chi connectivity index (χ0) is 18.2. The van der Waals surface area contributed by atoms with E-state index in [1.807, 2.05) is 0 Å². The molecule has 1 N–H and O–H groups in total. The summed E-state index contributed by atoms with van der Waals surface area (Å²) in [5, 5.41) is 6.24. The van der Waals surface area contributed by atoms with E-state index >= 15 is 0 Å². The van der Waals surface area contributed by atoms with Crippen molar-refractivity contribution in [1.29, 1.82) is 0 Å². The molecule has 0 aliphatic carbocycles. The average molecular weight is 356 g/mol. The first-order valence-electron chi connectivity index (χ1n) is 7.77. The van der Waals surface area contributed by atoms with E-state index in [4.69, 9.17) is 9.26 Å². The molecule has 0 unspecified atom stereocenters. The quantitative estimate of drug-likeness (QED) is 0.870. The van der Waals surface area contributed by atoms with Crippen LogP contribution in [0.3, 0.4) is 0 Å². The van der Waals surface area contributed by atoms with Crippen molar-refractivity contribution in [2.24, 2.45) is 0 Å². The Morgan fingerprint density at radius 2 is 1.96 bits per heavy atom. The van der Waals surface area contributed by atoms with Crippen LogP contribution in [-0.2, 0) is 19.4 Å². The molecule has 2 heterocycles. The average Bonchev–Trinajstić information content (AvgIpc) is 2.96. The van der Waals surface area contributed by atoms with E-state index < -0.39 is 25.2 Å². The maximum Gasteiger partial charge on any atom is 0.246 e. The van der Waals surface area contributed by atoms with Gasteiger partial charge in [-0.05, 0) is 46.1 Å². The van der Waals surface area contributed by atoms with Crippen LogP contribution in [0.2, 0.25) is 0 Å². The van der Waals surface area contributed by atoms with Gasteiger partial charge in [0, 0.05) is 19.3 Å². The Kier molecular flexibility index (Phi) is 4.92. The van der Waals surface area contributed by atoms with Crippen molar-refractivity contribution in [2.45, 2.75) is 50.0 Å². The first kappa shape index (κ1) is 18.7. The molecule has 0 bridgehead atoms. The van der Waals surface area contributed by atoms with E-state index in [-0.39, 0.29) is 5.82 Å². The number of aromatic nitrogens is 1. The van der Waals surface area contributed by atoms with E-state index in [1.165, 1.54) is 19.9 Å². The molecule has 2 rings (SSSR count). The number of carbonyl (C=O) groups excluding carboxylic acids is 1. The molecule has 0 saturated carbocycles. The van der Waals surface area contributed by atoms with Gasteiger partial charge in [0.15, 0.2) is 21.4 Å². The normalized spacial score (nSPS) is 18.2. The second-order valence-electron chi connectivity index (χ2n) is 6.89. The van der Waals surface area contributed by atoms with Gasteiger partial charge < -0.3 is 14.6 Å². The lowest BCUT2D eigenvalue weighted by Gasteiger charge is -2.38. The fraction of sp³-hybridized carbons (Fsp3) is 0.625. The van der Waals surface area contributed by atoms with Crippen molar-refractivity contribution in [2.75, 3.05) is 18.5 Å². The lowest BCUT2D eigenvalue weighted by atomic mass is 10.0. The molecular formula is C16H24N2O5S. The van der Waals surface area contributed by atoms with Gasteiger partial charge in [-0.15, -0.1) is 0 Å². The number of carbonyl (C=O) groups is 1. The SMILES string of the molecule is C=C(C)c1cc(NC(=O)C(C)(C)S(=O)(=O)C2(C)CCOCC2)no1. The number of nitrogens with one attached hydrogen (secondary N) is 1. The van der Waals surface area contributed by atoms with Gasteiger partial charge in [-0.1, -0.05) is 11.7 Å². The number of sulfone groups is 1. The van der Waals surface area contributed by atoms with Gasteiger partial charge in [0.05, 0.1) is 4.75 Å². The van der Waals surface area contributed by atoms with Crippen LogP contribution in [0.1, 0.15) is 46.3 Å².